The number of nitrogens with one attached hydrogen (secondary N) is 1. The summed E-state index contributed by atoms with van der Waals surface area (Å²) in [6.45, 7) is -1.34. The Labute approximate surface area is 139 Å². The van der Waals surface area contributed by atoms with Crippen LogP contribution in [0.1, 0.15) is 32.1 Å². The van der Waals surface area contributed by atoms with Crippen molar-refractivity contribution < 1.29 is 22.7 Å². The first-order chi connectivity index (χ1) is 10.3. The van der Waals surface area contributed by atoms with Crippen LogP contribution in [0.4, 0.5) is 18.9 Å². The third-order valence-corrected chi connectivity index (χ3v) is 3.71. The Morgan fingerprint density at radius 3 is 2.26 bits per heavy atom. The van der Waals surface area contributed by atoms with Gasteiger partial charge in [-0.3, -0.25) is 4.79 Å². The maximum absolute atomic E-state index is 12.2. The average molecular weight is 353 g/mol. The summed E-state index contributed by atoms with van der Waals surface area (Å²) < 4.78 is 40.7. The summed E-state index contributed by atoms with van der Waals surface area (Å²) in [6.07, 6.45) is -0.156. The van der Waals surface area contributed by atoms with Crippen molar-refractivity contribution in [1.29, 1.82) is 0 Å². The molecule has 1 aromatic rings. The van der Waals surface area contributed by atoms with Crippen LogP contribution in [0, 0.1) is 0 Å². The molecular formula is C15H20ClF3N2O2. The Bertz CT molecular complexity index is 514. The minimum atomic E-state index is -4.38. The van der Waals surface area contributed by atoms with Gasteiger partial charge in [-0.15, -0.1) is 12.4 Å². The zero-order chi connectivity index (χ0) is 16.2. The monoisotopic (exact) mass is 352 g/mol. The molecule has 130 valence electrons. The topological polar surface area (TPSA) is 64.4 Å². The lowest BCUT2D eigenvalue weighted by Crippen LogP contribution is -2.52. The molecule has 0 aliphatic heterocycles. The van der Waals surface area contributed by atoms with Crippen molar-refractivity contribution in [2.75, 3.05) is 11.9 Å². The van der Waals surface area contributed by atoms with E-state index >= 15 is 0 Å². The van der Waals surface area contributed by atoms with Crippen LogP contribution in [0.2, 0.25) is 0 Å². The van der Waals surface area contributed by atoms with Crippen molar-refractivity contribution in [3.63, 3.8) is 0 Å². The van der Waals surface area contributed by atoms with Crippen LogP contribution in [0.25, 0.3) is 0 Å². The smallest absolute Gasteiger partial charge is 0.422 e. The van der Waals surface area contributed by atoms with Crippen molar-refractivity contribution in [2.24, 2.45) is 5.73 Å². The van der Waals surface area contributed by atoms with E-state index in [9.17, 15) is 18.0 Å². The normalized spacial score (nSPS) is 17.0. The molecule has 0 saturated heterocycles. The Balaban J connectivity index is 0.00000264. The minimum absolute atomic E-state index is 0. The molecule has 0 unspecified atom stereocenters. The van der Waals surface area contributed by atoms with E-state index in [0.29, 0.717) is 18.5 Å². The fourth-order valence-electron chi connectivity index (χ4n) is 2.46. The fourth-order valence-corrected chi connectivity index (χ4v) is 2.46. The van der Waals surface area contributed by atoms with Crippen LogP contribution < -0.4 is 15.8 Å². The molecule has 0 aromatic heterocycles. The number of carbonyl (C=O) groups excluding carboxylic acids is 1. The standard InChI is InChI=1S/C15H19F3N2O2.ClH/c16-15(17,18)10-22-12-6-4-11(5-7-12)20-13(21)14(19)8-2-1-3-9-14;/h4-7H,1-3,8-10,19H2,(H,20,21);1H. The van der Waals surface area contributed by atoms with Gasteiger partial charge in [0, 0.05) is 5.69 Å². The van der Waals surface area contributed by atoms with E-state index in [-0.39, 0.29) is 24.1 Å². The highest BCUT2D eigenvalue weighted by Gasteiger charge is 2.35. The lowest BCUT2D eigenvalue weighted by Gasteiger charge is -2.31. The highest BCUT2D eigenvalue weighted by Crippen LogP contribution is 2.27. The number of hydrogen-bond acceptors (Lipinski definition) is 3. The van der Waals surface area contributed by atoms with E-state index in [1.165, 1.54) is 24.3 Å². The molecule has 8 heteroatoms. The van der Waals surface area contributed by atoms with Gasteiger partial charge < -0.3 is 15.8 Å². The van der Waals surface area contributed by atoms with Crippen molar-refractivity contribution in [1.82, 2.24) is 0 Å². The van der Waals surface area contributed by atoms with Gasteiger partial charge in [-0.1, -0.05) is 19.3 Å². The number of rotatable bonds is 4. The van der Waals surface area contributed by atoms with Gasteiger partial charge in [-0.25, -0.2) is 0 Å². The van der Waals surface area contributed by atoms with Crippen LogP contribution in [-0.4, -0.2) is 24.2 Å². The molecule has 1 aliphatic rings. The number of anilines is 1. The van der Waals surface area contributed by atoms with Crippen LogP contribution in [0.5, 0.6) is 5.75 Å². The molecule has 1 saturated carbocycles. The van der Waals surface area contributed by atoms with Crippen molar-refractivity contribution in [2.45, 2.75) is 43.8 Å². The molecule has 4 nitrogen and oxygen atoms in total. The summed E-state index contributed by atoms with van der Waals surface area (Å²) >= 11 is 0. The molecular weight excluding hydrogens is 333 g/mol. The van der Waals surface area contributed by atoms with Gasteiger partial charge in [0.1, 0.15) is 5.75 Å². The molecule has 1 aliphatic carbocycles. The van der Waals surface area contributed by atoms with Gasteiger partial charge in [0.15, 0.2) is 6.61 Å². The summed E-state index contributed by atoms with van der Waals surface area (Å²) in [5.74, 6) is -0.161. The van der Waals surface area contributed by atoms with Crippen molar-refractivity contribution in [3.8, 4) is 5.75 Å². The lowest BCUT2D eigenvalue weighted by atomic mass is 9.82. The highest BCUT2D eigenvalue weighted by atomic mass is 35.5. The van der Waals surface area contributed by atoms with Crippen molar-refractivity contribution >= 4 is 24.0 Å². The number of halogens is 4. The maximum Gasteiger partial charge on any atom is 0.422 e. The second-order valence-corrected chi connectivity index (χ2v) is 5.60. The van der Waals surface area contributed by atoms with Gasteiger partial charge in [-0.05, 0) is 37.1 Å². The number of carbonyl (C=O) groups is 1. The molecule has 23 heavy (non-hydrogen) atoms. The first-order valence-corrected chi connectivity index (χ1v) is 7.18. The summed E-state index contributed by atoms with van der Waals surface area (Å²) in [5, 5.41) is 2.71. The summed E-state index contributed by atoms with van der Waals surface area (Å²) in [5.41, 5.74) is 5.74. The molecule has 1 amide bonds. The number of ether oxygens (including phenoxy) is 1. The molecule has 1 aromatic carbocycles. The predicted octanol–water partition coefficient (Wildman–Crippen LogP) is 3.65. The maximum atomic E-state index is 12.2. The van der Waals surface area contributed by atoms with Gasteiger partial charge in [0.25, 0.3) is 0 Å². The van der Waals surface area contributed by atoms with Crippen LogP contribution in [0.15, 0.2) is 24.3 Å². The third kappa shape index (κ3) is 5.91. The zero-order valence-corrected chi connectivity index (χ0v) is 13.3. The lowest BCUT2D eigenvalue weighted by molar-refractivity contribution is -0.153. The van der Waals surface area contributed by atoms with Gasteiger partial charge >= 0.3 is 6.18 Å². The number of benzene rings is 1. The second-order valence-electron chi connectivity index (χ2n) is 5.60. The summed E-state index contributed by atoms with van der Waals surface area (Å²) in [7, 11) is 0. The van der Waals surface area contributed by atoms with Crippen LogP contribution in [0.3, 0.4) is 0 Å². The average Bonchev–Trinajstić information content (AvgIpc) is 2.46. The fraction of sp³-hybridized carbons (Fsp3) is 0.533. The van der Waals surface area contributed by atoms with E-state index in [1.807, 2.05) is 0 Å². The summed E-state index contributed by atoms with van der Waals surface area (Å²) in [6, 6.07) is 5.75. The number of hydrogen-bond donors (Lipinski definition) is 2. The van der Waals surface area contributed by atoms with E-state index in [4.69, 9.17) is 5.73 Å². The predicted molar refractivity (Wildman–Crippen MR) is 83.9 cm³/mol. The first-order valence-electron chi connectivity index (χ1n) is 7.18. The first kappa shape index (κ1) is 19.6. The Hall–Kier alpha value is -1.47. The number of nitrogens with two attached hydrogens (primary N) is 1. The van der Waals surface area contributed by atoms with Crippen LogP contribution >= 0.6 is 12.4 Å². The SMILES string of the molecule is Cl.NC1(C(=O)Nc2ccc(OCC(F)(F)F)cc2)CCCCC1. The molecule has 2 rings (SSSR count). The highest BCUT2D eigenvalue weighted by molar-refractivity contribution is 5.98. The van der Waals surface area contributed by atoms with Crippen LogP contribution in [-0.2, 0) is 4.79 Å². The largest absolute Gasteiger partial charge is 0.484 e. The quantitative estimate of drug-likeness (QED) is 0.869. The van der Waals surface area contributed by atoms with Crippen molar-refractivity contribution in [3.05, 3.63) is 24.3 Å². The second kappa shape index (κ2) is 7.88. The van der Waals surface area contributed by atoms with E-state index in [2.05, 4.69) is 10.1 Å². The van der Waals surface area contributed by atoms with E-state index < -0.39 is 18.3 Å². The van der Waals surface area contributed by atoms with Gasteiger partial charge in [0.2, 0.25) is 5.91 Å². The Morgan fingerprint density at radius 2 is 1.74 bits per heavy atom. The van der Waals surface area contributed by atoms with Gasteiger partial charge in [-0.2, -0.15) is 13.2 Å². The molecule has 0 radical (unpaired) electrons. The molecule has 1 fully saturated rings. The Morgan fingerprint density at radius 1 is 1.17 bits per heavy atom. The third-order valence-electron chi connectivity index (χ3n) is 3.71. The molecule has 3 N–H and O–H groups in total. The number of alkyl halides is 3. The molecule has 0 heterocycles. The molecule has 0 spiro atoms. The zero-order valence-electron chi connectivity index (χ0n) is 12.5. The summed E-state index contributed by atoms with van der Waals surface area (Å²) in [4.78, 5) is 12.2. The molecule has 0 bridgehead atoms. The Kier molecular flexibility index (Phi) is 6.70. The molecule has 0 atom stereocenters. The van der Waals surface area contributed by atoms with Gasteiger partial charge in [0.05, 0.1) is 5.54 Å². The van der Waals surface area contributed by atoms with E-state index in [1.54, 1.807) is 0 Å². The minimum Gasteiger partial charge on any atom is -0.484 e. The van der Waals surface area contributed by atoms with E-state index in [0.717, 1.165) is 19.3 Å². The number of amides is 1.